The molecule has 0 radical (unpaired) electrons. The summed E-state index contributed by atoms with van der Waals surface area (Å²) in [5, 5.41) is 16.4. The molecule has 2 aliphatic heterocycles. The van der Waals surface area contributed by atoms with E-state index in [0.717, 1.165) is 42.9 Å². The van der Waals surface area contributed by atoms with E-state index in [4.69, 9.17) is 16.0 Å². The van der Waals surface area contributed by atoms with E-state index in [-0.39, 0.29) is 18.0 Å². The summed E-state index contributed by atoms with van der Waals surface area (Å²) < 4.78 is 6.18. The van der Waals surface area contributed by atoms with Crippen molar-refractivity contribution in [2.75, 3.05) is 39.8 Å². The van der Waals surface area contributed by atoms with Gasteiger partial charge in [-0.25, -0.2) is 0 Å². The molecule has 2 saturated heterocycles. The van der Waals surface area contributed by atoms with E-state index in [1.165, 1.54) is 24.2 Å². The third-order valence-electron chi connectivity index (χ3n) is 9.34. The van der Waals surface area contributed by atoms with Crippen molar-refractivity contribution >= 4 is 17.5 Å². The lowest BCUT2D eigenvalue weighted by Crippen LogP contribution is -2.71. The van der Waals surface area contributed by atoms with E-state index in [1.807, 2.05) is 48.5 Å². The van der Waals surface area contributed by atoms with Crippen molar-refractivity contribution in [3.8, 4) is 17.4 Å². The number of likely N-dealkylation sites (tertiary alicyclic amines) is 2. The van der Waals surface area contributed by atoms with Gasteiger partial charge in [0.05, 0.1) is 28.8 Å². The molecule has 8 heteroatoms. The second-order valence-electron chi connectivity index (χ2n) is 13.3. The van der Waals surface area contributed by atoms with Gasteiger partial charge in [-0.05, 0) is 87.3 Å². The Hall–Kier alpha value is -3.93. The molecule has 2 N–H and O–H groups in total. The van der Waals surface area contributed by atoms with Gasteiger partial charge in [-0.3, -0.25) is 4.79 Å². The average Bonchev–Trinajstić information content (AvgIpc) is 3.50. The Morgan fingerprint density at radius 3 is 2.46 bits per heavy atom. The zero-order valence-corrected chi connectivity index (χ0v) is 27.6. The topological polar surface area (TPSA) is 84.5 Å². The Kier molecular flexibility index (Phi) is 9.62. The lowest BCUT2D eigenvalue weighted by molar-refractivity contribution is -0.104. The van der Waals surface area contributed by atoms with Gasteiger partial charge in [0.1, 0.15) is 11.5 Å². The fourth-order valence-electron chi connectivity index (χ4n) is 6.89. The molecular formula is C38H42ClN5O2. The standard InChI is InChI=1S/C38H42ClN5O2/c1-26-4-10-30(11-5-26)27(2)41-21-33-13-15-36(46-33)31-12-14-35(39)34(19-31)37(45)42-32(18-28-6-8-29(20-40)9-7-28)16-17-44-24-38(25-44)22-43(3)23-38/h4-15,19,27,32,41H,16-18,21-25H2,1-3H3,(H,42,45)/t27?,32-/m0/s1. The van der Waals surface area contributed by atoms with Crippen molar-refractivity contribution in [3.63, 3.8) is 0 Å². The number of nitrogens with one attached hydrogen (secondary N) is 2. The van der Waals surface area contributed by atoms with Gasteiger partial charge in [0.25, 0.3) is 5.91 Å². The minimum Gasteiger partial charge on any atom is -0.460 e. The van der Waals surface area contributed by atoms with Crippen molar-refractivity contribution in [1.82, 2.24) is 20.4 Å². The van der Waals surface area contributed by atoms with E-state index >= 15 is 0 Å². The highest BCUT2D eigenvalue weighted by Gasteiger charge is 2.49. The Balaban J connectivity index is 1.10. The molecule has 0 saturated carbocycles. The molecule has 1 aromatic heterocycles. The van der Waals surface area contributed by atoms with Crippen molar-refractivity contribution in [1.29, 1.82) is 5.26 Å². The number of furan rings is 1. The van der Waals surface area contributed by atoms with Gasteiger partial charge in [0.2, 0.25) is 0 Å². The van der Waals surface area contributed by atoms with Crippen molar-refractivity contribution in [2.24, 2.45) is 5.41 Å². The quantitative estimate of drug-likeness (QED) is 0.182. The van der Waals surface area contributed by atoms with Gasteiger partial charge in [0.15, 0.2) is 0 Å². The Morgan fingerprint density at radius 2 is 1.76 bits per heavy atom. The first kappa shape index (κ1) is 32.0. The number of rotatable bonds is 12. The van der Waals surface area contributed by atoms with E-state index in [1.54, 1.807) is 6.07 Å². The van der Waals surface area contributed by atoms with Crippen LogP contribution in [0, 0.1) is 23.7 Å². The molecule has 4 aromatic rings. The smallest absolute Gasteiger partial charge is 0.253 e. The lowest BCUT2D eigenvalue weighted by Gasteiger charge is -2.60. The Bertz CT molecular complexity index is 1690. The lowest BCUT2D eigenvalue weighted by atomic mass is 9.73. The summed E-state index contributed by atoms with van der Waals surface area (Å²) in [5.74, 6) is 1.30. The van der Waals surface area contributed by atoms with E-state index in [9.17, 15) is 10.1 Å². The predicted molar refractivity (Wildman–Crippen MR) is 183 cm³/mol. The Labute approximate surface area is 277 Å². The van der Waals surface area contributed by atoms with Crippen molar-refractivity contribution < 1.29 is 9.21 Å². The predicted octanol–water partition coefficient (Wildman–Crippen LogP) is 6.61. The van der Waals surface area contributed by atoms with E-state index < -0.39 is 0 Å². The van der Waals surface area contributed by atoms with Crippen LogP contribution in [0.1, 0.15) is 57.8 Å². The van der Waals surface area contributed by atoms with Gasteiger partial charge in [-0.1, -0.05) is 53.6 Å². The van der Waals surface area contributed by atoms with Crippen LogP contribution in [0.5, 0.6) is 0 Å². The third kappa shape index (κ3) is 7.54. The molecule has 0 bridgehead atoms. The number of halogens is 1. The molecule has 1 spiro atoms. The first-order valence-electron chi connectivity index (χ1n) is 16.1. The molecule has 6 rings (SSSR count). The van der Waals surface area contributed by atoms with Crippen LogP contribution >= 0.6 is 11.6 Å². The molecule has 3 aromatic carbocycles. The van der Waals surface area contributed by atoms with E-state index in [2.05, 4.69) is 71.7 Å². The highest BCUT2D eigenvalue weighted by Crippen LogP contribution is 2.38. The van der Waals surface area contributed by atoms with Crippen LogP contribution in [0.4, 0.5) is 0 Å². The molecule has 1 amide bonds. The van der Waals surface area contributed by atoms with Crippen molar-refractivity contribution in [3.05, 3.63) is 117 Å². The van der Waals surface area contributed by atoms with Crippen LogP contribution in [0.15, 0.2) is 83.3 Å². The maximum Gasteiger partial charge on any atom is 0.253 e. The first-order chi connectivity index (χ1) is 22.2. The number of nitriles is 1. The van der Waals surface area contributed by atoms with Crippen LogP contribution in [0.25, 0.3) is 11.3 Å². The largest absolute Gasteiger partial charge is 0.460 e. The molecule has 3 heterocycles. The van der Waals surface area contributed by atoms with Gasteiger partial charge >= 0.3 is 0 Å². The summed E-state index contributed by atoms with van der Waals surface area (Å²) in [5.41, 5.74) is 5.87. The first-order valence-corrected chi connectivity index (χ1v) is 16.5. The summed E-state index contributed by atoms with van der Waals surface area (Å²) in [6.07, 6.45) is 1.50. The minimum absolute atomic E-state index is 0.0856. The number of carbonyl (C=O) groups excluding carboxylic acids is 1. The number of hydrogen-bond donors (Lipinski definition) is 2. The molecule has 2 atom stereocenters. The second-order valence-corrected chi connectivity index (χ2v) is 13.7. The normalized spacial score (nSPS) is 17.1. The van der Waals surface area contributed by atoms with Gasteiger partial charge in [-0.2, -0.15) is 5.26 Å². The minimum atomic E-state index is -0.202. The molecule has 0 aliphatic carbocycles. The maximum absolute atomic E-state index is 13.7. The van der Waals surface area contributed by atoms with Gasteiger partial charge in [0, 0.05) is 55.8 Å². The molecule has 238 valence electrons. The summed E-state index contributed by atoms with van der Waals surface area (Å²) in [7, 11) is 2.17. The summed E-state index contributed by atoms with van der Waals surface area (Å²) in [6.45, 7) is 10.3. The fourth-order valence-corrected chi connectivity index (χ4v) is 7.10. The highest BCUT2D eigenvalue weighted by atomic mass is 35.5. The highest BCUT2D eigenvalue weighted by molar-refractivity contribution is 6.34. The molecule has 7 nitrogen and oxygen atoms in total. The molecule has 46 heavy (non-hydrogen) atoms. The van der Waals surface area contributed by atoms with Crippen LogP contribution < -0.4 is 10.6 Å². The number of hydrogen-bond acceptors (Lipinski definition) is 6. The monoisotopic (exact) mass is 635 g/mol. The Morgan fingerprint density at radius 1 is 1.02 bits per heavy atom. The second kappa shape index (κ2) is 13.8. The molecular weight excluding hydrogens is 594 g/mol. The maximum atomic E-state index is 13.7. The van der Waals surface area contributed by atoms with E-state index in [0.29, 0.717) is 40.3 Å². The number of nitrogens with zero attached hydrogens (tertiary/aromatic N) is 3. The zero-order valence-electron chi connectivity index (χ0n) is 26.9. The van der Waals surface area contributed by atoms with Gasteiger partial charge in [-0.15, -0.1) is 0 Å². The van der Waals surface area contributed by atoms with Crippen LogP contribution in [-0.4, -0.2) is 61.5 Å². The average molecular weight is 636 g/mol. The zero-order chi connectivity index (χ0) is 32.3. The SMILES string of the molecule is Cc1ccc(C(C)NCc2ccc(-c3ccc(Cl)c(C(=O)N[C@@H](CCN4CC5(CN(C)C5)C4)Cc4ccc(C#N)cc4)c3)o2)cc1. The van der Waals surface area contributed by atoms with Crippen LogP contribution in [0.2, 0.25) is 5.02 Å². The number of aryl methyl sites for hydroxylation is 1. The summed E-state index contributed by atoms with van der Waals surface area (Å²) in [4.78, 5) is 18.6. The molecule has 2 aliphatic rings. The summed E-state index contributed by atoms with van der Waals surface area (Å²) in [6, 6.07) is 27.8. The van der Waals surface area contributed by atoms with Crippen molar-refractivity contribution in [2.45, 2.75) is 45.3 Å². The van der Waals surface area contributed by atoms with Crippen LogP contribution in [-0.2, 0) is 13.0 Å². The molecule has 2 fully saturated rings. The molecule has 1 unspecified atom stereocenters. The fraction of sp³-hybridized carbons (Fsp3) is 0.368. The summed E-state index contributed by atoms with van der Waals surface area (Å²) >= 11 is 6.59. The van der Waals surface area contributed by atoms with Gasteiger partial charge < -0.3 is 24.9 Å². The number of amides is 1. The number of carbonyl (C=O) groups is 1. The van der Waals surface area contributed by atoms with Crippen LogP contribution in [0.3, 0.4) is 0 Å². The third-order valence-corrected chi connectivity index (χ3v) is 9.67. The number of benzene rings is 3.